The molecule has 0 aromatic carbocycles. The van der Waals surface area contributed by atoms with Gasteiger partial charge in [0.05, 0.1) is 18.6 Å². The lowest BCUT2D eigenvalue weighted by molar-refractivity contribution is -0.140. The van der Waals surface area contributed by atoms with Crippen molar-refractivity contribution in [3.8, 4) is 0 Å². The van der Waals surface area contributed by atoms with Gasteiger partial charge in [-0.25, -0.2) is 0 Å². The third-order valence-electron chi connectivity index (χ3n) is 4.28. The second-order valence-electron chi connectivity index (χ2n) is 5.82. The Labute approximate surface area is 135 Å². The van der Waals surface area contributed by atoms with Crippen LogP contribution in [0.5, 0.6) is 0 Å². The van der Waals surface area contributed by atoms with Crippen LogP contribution in [0.3, 0.4) is 0 Å². The first-order valence-electron chi connectivity index (χ1n) is 7.68. The molecule has 0 spiro atoms. The van der Waals surface area contributed by atoms with E-state index in [0.717, 1.165) is 6.42 Å². The molecule has 0 unspecified atom stereocenters. The molecule has 1 N–H and O–H groups in total. The Morgan fingerprint density at radius 2 is 2.17 bits per heavy atom. The first kappa shape index (κ1) is 17.2. The van der Waals surface area contributed by atoms with Gasteiger partial charge in [0.25, 0.3) is 5.56 Å². The standard InChI is InChI=1S/C16H23N3O4/c1-17-13(20)10-16(12-23-2)7-5-9-19(16)15(22)11-18-8-4-3-6-14(18)21/h3-4,6,8H,5,7,9-12H2,1-2H3,(H,17,20)/t16-/m0/s1. The van der Waals surface area contributed by atoms with Crippen molar-refractivity contribution in [1.29, 1.82) is 0 Å². The van der Waals surface area contributed by atoms with Crippen molar-refractivity contribution in [2.75, 3.05) is 27.3 Å². The molecule has 1 fully saturated rings. The number of carbonyl (C=O) groups is 2. The lowest BCUT2D eigenvalue weighted by atomic mass is 9.92. The molecule has 23 heavy (non-hydrogen) atoms. The Kier molecular flexibility index (Phi) is 5.54. The highest BCUT2D eigenvalue weighted by molar-refractivity contribution is 5.81. The van der Waals surface area contributed by atoms with E-state index in [1.54, 1.807) is 37.4 Å². The zero-order valence-electron chi connectivity index (χ0n) is 13.6. The van der Waals surface area contributed by atoms with Crippen molar-refractivity contribution in [2.24, 2.45) is 0 Å². The van der Waals surface area contributed by atoms with E-state index < -0.39 is 5.54 Å². The number of nitrogens with zero attached hydrogens (tertiary/aromatic N) is 2. The second kappa shape index (κ2) is 7.41. The molecule has 7 heteroatoms. The molecule has 1 aromatic rings. The van der Waals surface area contributed by atoms with E-state index in [9.17, 15) is 14.4 Å². The summed E-state index contributed by atoms with van der Waals surface area (Å²) in [5.74, 6) is -0.296. The van der Waals surface area contributed by atoms with Crippen molar-refractivity contribution in [2.45, 2.75) is 31.3 Å². The summed E-state index contributed by atoms with van der Waals surface area (Å²) >= 11 is 0. The summed E-state index contributed by atoms with van der Waals surface area (Å²) in [6.45, 7) is 0.843. The molecule has 1 saturated heterocycles. The maximum absolute atomic E-state index is 12.7. The number of ether oxygens (including phenoxy) is 1. The van der Waals surface area contributed by atoms with Crippen molar-refractivity contribution in [3.63, 3.8) is 0 Å². The first-order chi connectivity index (χ1) is 11.0. The van der Waals surface area contributed by atoms with Crippen molar-refractivity contribution in [1.82, 2.24) is 14.8 Å². The minimum atomic E-state index is -0.635. The van der Waals surface area contributed by atoms with E-state index in [1.165, 1.54) is 10.6 Å². The Bertz CT molecular complexity index is 628. The van der Waals surface area contributed by atoms with Gasteiger partial charge in [-0.2, -0.15) is 0 Å². The number of carbonyl (C=O) groups excluding carboxylic acids is 2. The van der Waals surface area contributed by atoms with Crippen molar-refractivity contribution in [3.05, 3.63) is 34.7 Å². The smallest absolute Gasteiger partial charge is 0.250 e. The van der Waals surface area contributed by atoms with Gasteiger partial charge in [0.1, 0.15) is 6.54 Å². The molecule has 1 aromatic heterocycles. The second-order valence-corrected chi connectivity index (χ2v) is 5.82. The summed E-state index contributed by atoms with van der Waals surface area (Å²) < 4.78 is 6.66. The maximum Gasteiger partial charge on any atom is 0.250 e. The zero-order chi connectivity index (χ0) is 16.9. The van der Waals surface area contributed by atoms with E-state index in [1.807, 2.05) is 0 Å². The quantitative estimate of drug-likeness (QED) is 0.799. The van der Waals surface area contributed by atoms with Crippen LogP contribution in [0, 0.1) is 0 Å². The molecule has 1 atom stereocenters. The zero-order valence-corrected chi connectivity index (χ0v) is 13.6. The van der Waals surface area contributed by atoms with Crippen LogP contribution in [-0.4, -0.2) is 54.1 Å². The molecule has 126 valence electrons. The summed E-state index contributed by atoms with van der Waals surface area (Å²) in [6.07, 6.45) is 3.32. The number of hydrogen-bond acceptors (Lipinski definition) is 4. The van der Waals surface area contributed by atoms with E-state index >= 15 is 0 Å². The Balaban J connectivity index is 2.20. The molecule has 1 aliphatic heterocycles. The third kappa shape index (κ3) is 3.79. The monoisotopic (exact) mass is 321 g/mol. The molecular formula is C16H23N3O4. The number of pyridine rings is 1. The molecule has 1 aliphatic rings. The van der Waals surface area contributed by atoms with Crippen LogP contribution in [0.2, 0.25) is 0 Å². The third-order valence-corrected chi connectivity index (χ3v) is 4.28. The van der Waals surface area contributed by atoms with Gasteiger partial charge in [-0.05, 0) is 18.9 Å². The number of methoxy groups -OCH3 is 1. The van der Waals surface area contributed by atoms with Crippen LogP contribution in [0.4, 0.5) is 0 Å². The van der Waals surface area contributed by atoms with Crippen molar-refractivity contribution >= 4 is 11.8 Å². The summed E-state index contributed by atoms with van der Waals surface area (Å²) in [5.41, 5.74) is -0.853. The fourth-order valence-electron chi connectivity index (χ4n) is 3.19. The van der Waals surface area contributed by atoms with Gasteiger partial charge in [-0.15, -0.1) is 0 Å². The van der Waals surface area contributed by atoms with Gasteiger partial charge >= 0.3 is 0 Å². The van der Waals surface area contributed by atoms with Crippen LogP contribution < -0.4 is 10.9 Å². The highest BCUT2D eigenvalue weighted by Crippen LogP contribution is 2.33. The molecule has 0 bridgehead atoms. The number of nitrogens with one attached hydrogen (secondary N) is 1. The van der Waals surface area contributed by atoms with Gasteiger partial charge < -0.3 is 19.5 Å². The predicted octanol–water partition coefficient (Wildman–Crippen LogP) is -0.00800. The van der Waals surface area contributed by atoms with Crippen LogP contribution in [0.1, 0.15) is 19.3 Å². The average Bonchev–Trinajstić information content (AvgIpc) is 2.93. The van der Waals surface area contributed by atoms with E-state index in [0.29, 0.717) is 19.6 Å². The summed E-state index contributed by atoms with van der Waals surface area (Å²) in [5, 5.41) is 2.61. The highest BCUT2D eigenvalue weighted by atomic mass is 16.5. The van der Waals surface area contributed by atoms with Crippen LogP contribution >= 0.6 is 0 Å². The summed E-state index contributed by atoms with van der Waals surface area (Å²) in [7, 11) is 3.14. The normalized spacial score (nSPS) is 20.5. The molecular weight excluding hydrogens is 298 g/mol. The van der Waals surface area contributed by atoms with Crippen LogP contribution in [0.25, 0.3) is 0 Å². The summed E-state index contributed by atoms with van der Waals surface area (Å²) in [4.78, 5) is 38.1. The number of aromatic nitrogens is 1. The van der Waals surface area contributed by atoms with Gasteiger partial charge in [0.2, 0.25) is 11.8 Å². The number of likely N-dealkylation sites (tertiary alicyclic amines) is 1. The fourth-order valence-corrected chi connectivity index (χ4v) is 3.19. The Morgan fingerprint density at radius 1 is 1.39 bits per heavy atom. The fraction of sp³-hybridized carbons (Fsp3) is 0.562. The topological polar surface area (TPSA) is 80.6 Å². The van der Waals surface area contributed by atoms with Crippen LogP contribution in [-0.2, 0) is 20.9 Å². The Hall–Kier alpha value is -2.15. The van der Waals surface area contributed by atoms with Crippen molar-refractivity contribution < 1.29 is 14.3 Å². The number of amides is 2. The average molecular weight is 321 g/mol. The number of rotatable bonds is 6. The van der Waals surface area contributed by atoms with Gasteiger partial charge in [-0.1, -0.05) is 6.07 Å². The SMILES string of the molecule is CNC(=O)C[C@]1(COC)CCCN1C(=O)Cn1ccccc1=O. The minimum Gasteiger partial charge on any atom is -0.382 e. The highest BCUT2D eigenvalue weighted by Gasteiger charge is 2.45. The lowest BCUT2D eigenvalue weighted by Crippen LogP contribution is -2.53. The lowest BCUT2D eigenvalue weighted by Gasteiger charge is -2.37. The molecule has 0 aliphatic carbocycles. The van der Waals surface area contributed by atoms with Crippen LogP contribution in [0.15, 0.2) is 29.2 Å². The van der Waals surface area contributed by atoms with E-state index in [4.69, 9.17) is 4.74 Å². The molecule has 2 amide bonds. The van der Waals surface area contributed by atoms with E-state index in [-0.39, 0.29) is 30.3 Å². The number of hydrogen-bond donors (Lipinski definition) is 1. The first-order valence-corrected chi connectivity index (χ1v) is 7.68. The Morgan fingerprint density at radius 3 is 2.83 bits per heavy atom. The van der Waals surface area contributed by atoms with Gasteiger partial charge in [-0.3, -0.25) is 14.4 Å². The molecule has 2 heterocycles. The molecule has 7 nitrogen and oxygen atoms in total. The largest absolute Gasteiger partial charge is 0.382 e. The minimum absolute atomic E-state index is 0.0289. The summed E-state index contributed by atoms with van der Waals surface area (Å²) in [6, 6.07) is 4.77. The van der Waals surface area contributed by atoms with Gasteiger partial charge in [0.15, 0.2) is 0 Å². The maximum atomic E-state index is 12.7. The predicted molar refractivity (Wildman–Crippen MR) is 84.9 cm³/mol. The van der Waals surface area contributed by atoms with E-state index in [2.05, 4.69) is 5.32 Å². The molecule has 0 radical (unpaired) electrons. The molecule has 0 saturated carbocycles. The molecule has 2 rings (SSSR count). The van der Waals surface area contributed by atoms with Gasteiger partial charge in [0, 0.05) is 33.0 Å².